The highest BCUT2D eigenvalue weighted by Crippen LogP contribution is 2.38. The molecule has 4 heterocycles. The maximum absolute atomic E-state index is 4.44. The molecule has 110 valence electrons. The van der Waals surface area contributed by atoms with Gasteiger partial charge in [0.05, 0.1) is 17.4 Å². The van der Waals surface area contributed by atoms with Gasteiger partial charge in [-0.3, -0.25) is 0 Å². The summed E-state index contributed by atoms with van der Waals surface area (Å²) in [5.74, 6) is 0. The van der Waals surface area contributed by atoms with Gasteiger partial charge in [0.2, 0.25) is 0 Å². The van der Waals surface area contributed by atoms with Gasteiger partial charge in [0.1, 0.15) is 5.52 Å². The zero-order chi connectivity index (χ0) is 14.5. The molecule has 0 amide bonds. The first-order valence-electron chi connectivity index (χ1n) is 7.56. The Morgan fingerprint density at radius 1 is 0.955 bits per heavy atom. The van der Waals surface area contributed by atoms with E-state index in [4.69, 9.17) is 0 Å². The minimum atomic E-state index is 0.553. The molecule has 5 rings (SSSR count). The summed E-state index contributed by atoms with van der Waals surface area (Å²) in [6, 6.07) is 13.9. The molecular weight excluding hydrogens is 294 g/mol. The predicted octanol–water partition coefficient (Wildman–Crippen LogP) is 2.55. The number of rotatable bonds is 2. The molecule has 0 radical (unpaired) electrons. The lowest BCUT2D eigenvalue weighted by molar-refractivity contribution is 0.648. The van der Waals surface area contributed by atoms with Gasteiger partial charge >= 0.3 is 0 Å². The van der Waals surface area contributed by atoms with Crippen LogP contribution < -0.4 is 9.80 Å². The number of hydrogen-bond donors (Lipinski definition) is 0. The van der Waals surface area contributed by atoms with Crippen LogP contribution in [0.25, 0.3) is 11.2 Å². The number of benzene rings is 1. The predicted molar refractivity (Wildman–Crippen MR) is 88.5 cm³/mol. The van der Waals surface area contributed by atoms with Gasteiger partial charge in [0.25, 0.3) is 0 Å². The second kappa shape index (κ2) is 4.64. The van der Waals surface area contributed by atoms with E-state index in [0.29, 0.717) is 12.1 Å². The SMILES string of the molecule is c1ccc(N2C[C@@H]3C[C@H]2CN3c2ccnc3nsnc23)cc1. The average Bonchev–Trinajstić information content (AvgIpc) is 3.29. The van der Waals surface area contributed by atoms with Crippen LogP contribution in [-0.4, -0.2) is 38.9 Å². The van der Waals surface area contributed by atoms with Crippen molar-refractivity contribution < 1.29 is 0 Å². The van der Waals surface area contributed by atoms with Crippen molar-refractivity contribution in [1.29, 1.82) is 0 Å². The minimum absolute atomic E-state index is 0.553. The van der Waals surface area contributed by atoms with Gasteiger partial charge in [-0.05, 0) is 24.6 Å². The van der Waals surface area contributed by atoms with E-state index in [1.165, 1.54) is 29.5 Å². The minimum Gasteiger partial charge on any atom is -0.365 e. The molecule has 22 heavy (non-hydrogen) atoms. The first kappa shape index (κ1) is 12.3. The van der Waals surface area contributed by atoms with E-state index in [1.807, 2.05) is 6.20 Å². The van der Waals surface area contributed by atoms with Crippen LogP contribution in [0.2, 0.25) is 0 Å². The average molecular weight is 309 g/mol. The summed E-state index contributed by atoms with van der Waals surface area (Å²) < 4.78 is 8.69. The number of aromatic nitrogens is 3. The fraction of sp³-hybridized carbons (Fsp3) is 0.312. The third kappa shape index (κ3) is 1.73. The Morgan fingerprint density at radius 3 is 2.59 bits per heavy atom. The summed E-state index contributed by atoms with van der Waals surface area (Å²) in [6.45, 7) is 2.13. The summed E-state index contributed by atoms with van der Waals surface area (Å²) >= 11 is 1.24. The molecule has 2 bridgehead atoms. The molecule has 2 atom stereocenters. The maximum atomic E-state index is 4.44. The van der Waals surface area contributed by atoms with Crippen LogP contribution in [0, 0.1) is 0 Å². The first-order valence-corrected chi connectivity index (χ1v) is 8.29. The van der Waals surface area contributed by atoms with Gasteiger partial charge < -0.3 is 9.80 Å². The molecule has 2 fully saturated rings. The molecule has 2 aliphatic rings. The number of anilines is 2. The second-order valence-corrected chi connectivity index (χ2v) is 6.48. The van der Waals surface area contributed by atoms with E-state index in [-0.39, 0.29) is 0 Å². The Bertz CT molecular complexity index is 818. The Hall–Kier alpha value is -2.21. The number of hydrogen-bond acceptors (Lipinski definition) is 6. The van der Waals surface area contributed by atoms with E-state index < -0.39 is 0 Å². The summed E-state index contributed by atoms with van der Waals surface area (Å²) in [5, 5.41) is 0. The molecule has 0 saturated carbocycles. The van der Waals surface area contributed by atoms with Crippen molar-refractivity contribution in [1.82, 2.24) is 13.7 Å². The van der Waals surface area contributed by atoms with E-state index in [2.05, 4.69) is 59.9 Å². The number of piperazine rings is 1. The largest absolute Gasteiger partial charge is 0.365 e. The Labute approximate surface area is 132 Å². The van der Waals surface area contributed by atoms with E-state index in [9.17, 15) is 0 Å². The lowest BCUT2D eigenvalue weighted by Crippen LogP contribution is -2.46. The Morgan fingerprint density at radius 2 is 1.77 bits per heavy atom. The molecule has 0 spiro atoms. The molecule has 3 aromatic rings. The lowest BCUT2D eigenvalue weighted by atomic mass is 10.2. The molecular formula is C16H15N5S. The highest BCUT2D eigenvalue weighted by atomic mass is 32.1. The van der Waals surface area contributed by atoms with Gasteiger partial charge in [0, 0.05) is 37.1 Å². The molecule has 2 aliphatic heterocycles. The van der Waals surface area contributed by atoms with Crippen molar-refractivity contribution in [2.75, 3.05) is 22.9 Å². The molecule has 6 heteroatoms. The number of nitrogens with zero attached hydrogens (tertiary/aromatic N) is 5. The standard InChI is InChI=1S/C16H15N5S/c1-2-4-11(5-3-1)20-9-13-8-12(20)10-21(13)14-6-7-17-16-15(14)18-22-19-16/h1-7,12-13H,8-10H2/t12-,13-/m0/s1. The molecule has 1 aromatic carbocycles. The molecule has 5 nitrogen and oxygen atoms in total. The van der Waals surface area contributed by atoms with Crippen LogP contribution in [0.3, 0.4) is 0 Å². The summed E-state index contributed by atoms with van der Waals surface area (Å²) in [6.07, 6.45) is 3.07. The van der Waals surface area contributed by atoms with Crippen molar-refractivity contribution in [3.05, 3.63) is 42.6 Å². The number of pyridine rings is 1. The zero-order valence-corrected chi connectivity index (χ0v) is 12.8. The fourth-order valence-corrected chi connectivity index (χ4v) is 4.33. The molecule has 0 aliphatic carbocycles. The highest BCUT2D eigenvalue weighted by Gasteiger charge is 2.43. The van der Waals surface area contributed by atoms with Crippen molar-refractivity contribution >= 4 is 34.3 Å². The monoisotopic (exact) mass is 309 g/mol. The fourth-order valence-electron chi connectivity index (χ4n) is 3.82. The second-order valence-electron chi connectivity index (χ2n) is 5.95. The van der Waals surface area contributed by atoms with Crippen molar-refractivity contribution in [2.24, 2.45) is 0 Å². The maximum Gasteiger partial charge on any atom is 0.195 e. The van der Waals surface area contributed by atoms with Gasteiger partial charge in [-0.2, -0.15) is 8.75 Å². The van der Waals surface area contributed by atoms with Crippen LogP contribution >= 0.6 is 11.7 Å². The van der Waals surface area contributed by atoms with Crippen molar-refractivity contribution in [3.8, 4) is 0 Å². The van der Waals surface area contributed by atoms with Gasteiger partial charge in [0.15, 0.2) is 5.65 Å². The van der Waals surface area contributed by atoms with Gasteiger partial charge in [-0.25, -0.2) is 4.98 Å². The topological polar surface area (TPSA) is 45.2 Å². The number of fused-ring (bicyclic) bond motifs is 3. The zero-order valence-electron chi connectivity index (χ0n) is 12.0. The smallest absolute Gasteiger partial charge is 0.195 e. The van der Waals surface area contributed by atoms with Crippen LogP contribution in [0.5, 0.6) is 0 Å². The van der Waals surface area contributed by atoms with Crippen molar-refractivity contribution in [2.45, 2.75) is 18.5 Å². The van der Waals surface area contributed by atoms with Crippen molar-refractivity contribution in [3.63, 3.8) is 0 Å². The Kier molecular flexibility index (Phi) is 2.61. The molecule has 2 aromatic heterocycles. The Balaban J connectivity index is 1.46. The summed E-state index contributed by atoms with van der Waals surface area (Å²) in [4.78, 5) is 9.33. The lowest BCUT2D eigenvalue weighted by Gasteiger charge is -2.36. The van der Waals surface area contributed by atoms with Gasteiger partial charge in [-0.1, -0.05) is 18.2 Å². The molecule has 2 saturated heterocycles. The van der Waals surface area contributed by atoms with Gasteiger partial charge in [-0.15, -0.1) is 0 Å². The first-order chi connectivity index (χ1) is 10.9. The van der Waals surface area contributed by atoms with Crippen LogP contribution in [0.1, 0.15) is 6.42 Å². The quantitative estimate of drug-likeness (QED) is 0.728. The molecule has 0 unspecified atom stereocenters. The van der Waals surface area contributed by atoms with Crippen LogP contribution in [0.4, 0.5) is 11.4 Å². The van der Waals surface area contributed by atoms with Crippen LogP contribution in [-0.2, 0) is 0 Å². The van der Waals surface area contributed by atoms with E-state index in [1.54, 1.807) is 0 Å². The summed E-state index contributed by atoms with van der Waals surface area (Å²) in [7, 11) is 0. The third-order valence-corrected chi connectivity index (χ3v) is 5.30. The molecule has 0 N–H and O–H groups in total. The van der Waals surface area contributed by atoms with E-state index >= 15 is 0 Å². The third-order valence-electron chi connectivity index (χ3n) is 4.78. The number of para-hydroxylation sites is 1. The summed E-state index contributed by atoms with van der Waals surface area (Å²) in [5.41, 5.74) is 4.25. The van der Waals surface area contributed by atoms with Crippen LogP contribution in [0.15, 0.2) is 42.6 Å². The normalized spacial score (nSPS) is 23.6. The van der Waals surface area contributed by atoms with E-state index in [0.717, 1.165) is 24.3 Å². The highest BCUT2D eigenvalue weighted by molar-refractivity contribution is 7.00.